The molecule has 160 valence electrons. The Morgan fingerprint density at radius 1 is 1.32 bits per heavy atom. The summed E-state index contributed by atoms with van der Waals surface area (Å²) in [4.78, 5) is 28.2. The van der Waals surface area contributed by atoms with Crippen molar-refractivity contribution in [2.24, 2.45) is 0 Å². The summed E-state index contributed by atoms with van der Waals surface area (Å²) in [5.41, 5.74) is 0.825. The number of methoxy groups -OCH3 is 1. The van der Waals surface area contributed by atoms with Gasteiger partial charge in [0.25, 0.3) is 5.91 Å². The first kappa shape index (κ1) is 20.8. The number of carbonyl (C=O) groups excluding carboxylic acids is 2. The zero-order valence-electron chi connectivity index (χ0n) is 16.3. The molecule has 0 spiro atoms. The largest absolute Gasteiger partial charge is 0.493 e. The molecule has 0 aliphatic carbocycles. The van der Waals surface area contributed by atoms with E-state index in [1.165, 1.54) is 25.6 Å². The molecule has 2 N–H and O–H groups in total. The average Bonchev–Trinajstić information content (AvgIpc) is 3.22. The second kappa shape index (κ2) is 8.72. The molecule has 4 rings (SSSR count). The number of hydrogen-bond donors (Lipinski definition) is 2. The molecule has 0 fully saturated rings. The summed E-state index contributed by atoms with van der Waals surface area (Å²) in [6, 6.07) is 9.10. The fraction of sp³-hybridized carbons (Fsp3) is 0.200. The molecule has 1 aliphatic heterocycles. The lowest BCUT2D eigenvalue weighted by atomic mass is 10.0. The summed E-state index contributed by atoms with van der Waals surface area (Å²) in [6.07, 6.45) is 1.57. The molecule has 1 aromatic heterocycles. The first-order valence-corrected chi connectivity index (χ1v) is 9.99. The summed E-state index contributed by atoms with van der Waals surface area (Å²) in [5, 5.41) is 9.29. The second-order valence-electron chi connectivity index (χ2n) is 6.67. The van der Waals surface area contributed by atoms with Crippen LogP contribution in [0.25, 0.3) is 0 Å². The van der Waals surface area contributed by atoms with Crippen molar-refractivity contribution < 1.29 is 23.5 Å². The molecule has 2 aromatic carbocycles. The van der Waals surface area contributed by atoms with Crippen LogP contribution in [0.4, 0.5) is 16.0 Å². The molecule has 0 saturated heterocycles. The SMILES string of the molecule is COc1cc([C@H]2CC(=O)Nc3ncnn32)ccc1OCC(=O)Nc1ccc(Br)cc1F. The second-order valence-corrected chi connectivity index (χ2v) is 7.58. The van der Waals surface area contributed by atoms with Gasteiger partial charge < -0.3 is 14.8 Å². The Balaban J connectivity index is 1.47. The minimum absolute atomic E-state index is 0.0540. The van der Waals surface area contributed by atoms with Gasteiger partial charge in [0, 0.05) is 4.47 Å². The molecule has 0 unspecified atom stereocenters. The lowest BCUT2D eigenvalue weighted by Crippen LogP contribution is -2.29. The van der Waals surface area contributed by atoms with Crippen molar-refractivity contribution in [3.05, 3.63) is 58.6 Å². The first-order chi connectivity index (χ1) is 14.9. The Morgan fingerprint density at radius 3 is 2.94 bits per heavy atom. The van der Waals surface area contributed by atoms with Crippen molar-refractivity contribution >= 4 is 39.4 Å². The number of benzene rings is 2. The van der Waals surface area contributed by atoms with Gasteiger partial charge in [0.15, 0.2) is 18.1 Å². The van der Waals surface area contributed by atoms with Gasteiger partial charge in [-0.1, -0.05) is 22.0 Å². The third kappa shape index (κ3) is 4.50. The monoisotopic (exact) mass is 489 g/mol. The van der Waals surface area contributed by atoms with Crippen molar-refractivity contribution in [1.29, 1.82) is 0 Å². The molecule has 0 bridgehead atoms. The topological polar surface area (TPSA) is 107 Å². The maximum absolute atomic E-state index is 13.9. The molecule has 9 nitrogen and oxygen atoms in total. The predicted octanol–water partition coefficient (Wildman–Crippen LogP) is 3.14. The van der Waals surface area contributed by atoms with Crippen molar-refractivity contribution in [3.8, 4) is 11.5 Å². The van der Waals surface area contributed by atoms with Gasteiger partial charge in [-0.05, 0) is 35.9 Å². The van der Waals surface area contributed by atoms with E-state index in [0.717, 1.165) is 5.56 Å². The number of rotatable bonds is 6. The predicted molar refractivity (Wildman–Crippen MR) is 113 cm³/mol. The van der Waals surface area contributed by atoms with Crippen LogP contribution >= 0.6 is 15.9 Å². The molecule has 31 heavy (non-hydrogen) atoms. The summed E-state index contributed by atoms with van der Waals surface area (Å²) in [5.74, 6) is -0.166. The van der Waals surface area contributed by atoms with Crippen LogP contribution in [0.15, 0.2) is 47.2 Å². The van der Waals surface area contributed by atoms with Crippen molar-refractivity contribution in [2.75, 3.05) is 24.4 Å². The van der Waals surface area contributed by atoms with Gasteiger partial charge in [0.1, 0.15) is 12.1 Å². The van der Waals surface area contributed by atoms with Gasteiger partial charge in [-0.25, -0.2) is 9.07 Å². The van der Waals surface area contributed by atoms with Gasteiger partial charge in [-0.2, -0.15) is 10.1 Å². The number of fused-ring (bicyclic) bond motifs is 1. The zero-order chi connectivity index (χ0) is 22.0. The summed E-state index contributed by atoms with van der Waals surface area (Å²) in [7, 11) is 1.47. The third-order valence-corrected chi connectivity index (χ3v) is 5.13. The van der Waals surface area contributed by atoms with Crippen molar-refractivity contribution in [2.45, 2.75) is 12.5 Å². The van der Waals surface area contributed by atoms with Crippen LogP contribution in [0.5, 0.6) is 11.5 Å². The van der Waals surface area contributed by atoms with Crippen LogP contribution in [0, 0.1) is 5.82 Å². The van der Waals surface area contributed by atoms with Gasteiger partial charge in [0.2, 0.25) is 11.9 Å². The van der Waals surface area contributed by atoms with Crippen LogP contribution in [0.2, 0.25) is 0 Å². The lowest BCUT2D eigenvalue weighted by Gasteiger charge is -2.24. The molecule has 2 amide bonds. The lowest BCUT2D eigenvalue weighted by molar-refractivity contribution is -0.118. The first-order valence-electron chi connectivity index (χ1n) is 9.19. The third-order valence-electron chi connectivity index (χ3n) is 4.63. The Morgan fingerprint density at radius 2 is 2.16 bits per heavy atom. The maximum atomic E-state index is 13.9. The van der Waals surface area contributed by atoms with E-state index in [1.807, 2.05) is 0 Å². The number of ether oxygens (including phenoxy) is 2. The Bertz CT molecular complexity index is 1150. The van der Waals surface area contributed by atoms with E-state index in [9.17, 15) is 14.0 Å². The number of halogens is 2. The van der Waals surface area contributed by atoms with Crippen LogP contribution in [0.1, 0.15) is 18.0 Å². The molecule has 11 heteroatoms. The van der Waals surface area contributed by atoms with E-state index in [2.05, 4.69) is 36.6 Å². The average molecular weight is 490 g/mol. The number of anilines is 2. The van der Waals surface area contributed by atoms with Crippen molar-refractivity contribution in [3.63, 3.8) is 0 Å². The van der Waals surface area contributed by atoms with Crippen molar-refractivity contribution in [1.82, 2.24) is 14.8 Å². The maximum Gasteiger partial charge on any atom is 0.262 e. The minimum atomic E-state index is -0.561. The van der Waals surface area contributed by atoms with E-state index in [-0.39, 0.29) is 30.7 Å². The smallest absolute Gasteiger partial charge is 0.262 e. The highest BCUT2D eigenvalue weighted by atomic mass is 79.9. The fourth-order valence-electron chi connectivity index (χ4n) is 3.20. The standard InChI is InChI=1S/C20H17BrFN5O4/c1-30-17-6-11(15-8-18(28)26-20-23-10-24-27(15)20)2-5-16(17)31-9-19(29)25-14-4-3-12(21)7-13(14)22/h2-7,10,15H,8-9H2,1H3,(H,25,29)(H,23,24,26,28)/t15-/m1/s1. The molecule has 1 aliphatic rings. The Labute approximate surface area is 184 Å². The van der Waals surface area contributed by atoms with Gasteiger partial charge >= 0.3 is 0 Å². The highest BCUT2D eigenvalue weighted by molar-refractivity contribution is 9.10. The zero-order valence-corrected chi connectivity index (χ0v) is 17.8. The van der Waals surface area contributed by atoms with E-state index < -0.39 is 11.7 Å². The quantitative estimate of drug-likeness (QED) is 0.550. The number of carbonyl (C=O) groups is 2. The number of aromatic nitrogens is 3. The molecular weight excluding hydrogens is 473 g/mol. The molecule has 3 aromatic rings. The van der Waals surface area contributed by atoms with Crippen LogP contribution in [-0.2, 0) is 9.59 Å². The van der Waals surface area contributed by atoms with Gasteiger partial charge in [-0.3, -0.25) is 14.9 Å². The van der Waals surface area contributed by atoms with E-state index >= 15 is 0 Å². The molecule has 2 heterocycles. The molecule has 1 atom stereocenters. The summed E-state index contributed by atoms with van der Waals surface area (Å²) in [6.45, 7) is -0.343. The summed E-state index contributed by atoms with van der Waals surface area (Å²) < 4.78 is 27.0. The molecular formula is C20H17BrFN5O4. The highest BCUT2D eigenvalue weighted by Gasteiger charge is 2.28. The fourth-order valence-corrected chi connectivity index (χ4v) is 3.53. The highest BCUT2D eigenvalue weighted by Crippen LogP contribution is 2.35. The van der Waals surface area contributed by atoms with Crippen LogP contribution in [0.3, 0.4) is 0 Å². The minimum Gasteiger partial charge on any atom is -0.493 e. The van der Waals surface area contributed by atoms with Crippen LogP contribution < -0.4 is 20.1 Å². The number of amides is 2. The number of nitrogens with one attached hydrogen (secondary N) is 2. The van der Waals surface area contributed by atoms with E-state index in [4.69, 9.17) is 9.47 Å². The number of nitrogens with zero attached hydrogens (tertiary/aromatic N) is 3. The molecule has 0 radical (unpaired) electrons. The van der Waals surface area contributed by atoms with Crippen LogP contribution in [-0.4, -0.2) is 40.3 Å². The van der Waals surface area contributed by atoms with E-state index in [0.29, 0.717) is 21.9 Å². The summed E-state index contributed by atoms with van der Waals surface area (Å²) >= 11 is 3.16. The Hall–Kier alpha value is -3.47. The van der Waals surface area contributed by atoms with Gasteiger partial charge in [-0.15, -0.1) is 0 Å². The Kier molecular flexibility index (Phi) is 5.85. The normalized spacial score (nSPS) is 15.1. The van der Waals surface area contributed by atoms with E-state index in [1.54, 1.807) is 28.9 Å². The van der Waals surface area contributed by atoms with Gasteiger partial charge in [0.05, 0.1) is 25.3 Å². The number of hydrogen-bond acceptors (Lipinski definition) is 6. The molecule has 0 saturated carbocycles.